The van der Waals surface area contributed by atoms with Gasteiger partial charge in [0, 0.05) is 6.42 Å². The van der Waals surface area contributed by atoms with E-state index in [1.165, 1.54) is 12.1 Å². The van der Waals surface area contributed by atoms with Gasteiger partial charge in [-0.25, -0.2) is 9.80 Å². The highest BCUT2D eigenvalue weighted by molar-refractivity contribution is 6.02. The van der Waals surface area contributed by atoms with E-state index in [1.807, 2.05) is 30.3 Å². The van der Waals surface area contributed by atoms with Crippen molar-refractivity contribution in [1.29, 1.82) is 0 Å². The summed E-state index contributed by atoms with van der Waals surface area (Å²) >= 11 is 0. The highest BCUT2D eigenvalue weighted by Gasteiger charge is 2.21. The van der Waals surface area contributed by atoms with E-state index in [-0.39, 0.29) is 12.5 Å². The van der Waals surface area contributed by atoms with Crippen LogP contribution in [0.4, 0.5) is 0 Å². The topological polar surface area (TPSA) is 68.2 Å². The number of amides is 1. The predicted octanol–water partition coefficient (Wildman–Crippen LogP) is 2.49. The minimum Gasteiger partial charge on any atom is -0.484 e. The van der Waals surface area contributed by atoms with Gasteiger partial charge in [-0.1, -0.05) is 30.3 Å². The van der Waals surface area contributed by atoms with Crippen molar-refractivity contribution in [2.45, 2.75) is 6.42 Å². The minimum atomic E-state index is -0.414. The van der Waals surface area contributed by atoms with Crippen LogP contribution in [0, 0.1) is 0 Å². The molecule has 2 aromatic carbocycles. The van der Waals surface area contributed by atoms with E-state index in [0.717, 1.165) is 17.7 Å². The van der Waals surface area contributed by atoms with Gasteiger partial charge in [0.05, 0.1) is 24.9 Å². The molecule has 0 aliphatic carbocycles. The first-order valence-electron chi connectivity index (χ1n) is 7.92. The van der Waals surface area contributed by atoms with Crippen LogP contribution in [0.15, 0.2) is 59.7 Å². The molecule has 1 amide bonds. The monoisotopic (exact) mass is 338 g/mol. The molecular formula is C19H18N2O4. The Kier molecular flexibility index (Phi) is 5.09. The van der Waals surface area contributed by atoms with E-state index in [0.29, 0.717) is 17.9 Å². The normalized spacial score (nSPS) is 13.3. The van der Waals surface area contributed by atoms with Crippen molar-refractivity contribution in [2.75, 3.05) is 20.3 Å². The zero-order valence-corrected chi connectivity index (χ0v) is 13.8. The summed E-state index contributed by atoms with van der Waals surface area (Å²) in [5.41, 5.74) is 2.35. The molecule has 1 heterocycles. The van der Waals surface area contributed by atoms with E-state index in [1.54, 1.807) is 24.3 Å². The van der Waals surface area contributed by atoms with Crippen molar-refractivity contribution in [3.8, 4) is 5.75 Å². The molecule has 1 aliphatic rings. The number of hydrazone groups is 1. The summed E-state index contributed by atoms with van der Waals surface area (Å²) in [4.78, 5) is 23.6. The molecule has 0 spiro atoms. The number of rotatable bonds is 5. The van der Waals surface area contributed by atoms with Gasteiger partial charge < -0.3 is 9.47 Å². The number of methoxy groups -OCH3 is 1. The van der Waals surface area contributed by atoms with Crippen LogP contribution in [0.1, 0.15) is 22.3 Å². The molecule has 0 bridgehead atoms. The van der Waals surface area contributed by atoms with Crippen LogP contribution >= 0.6 is 0 Å². The van der Waals surface area contributed by atoms with Gasteiger partial charge in [0.1, 0.15) is 5.75 Å². The van der Waals surface area contributed by atoms with Crippen LogP contribution in [0.2, 0.25) is 0 Å². The van der Waals surface area contributed by atoms with Gasteiger partial charge in [-0.3, -0.25) is 4.79 Å². The molecule has 0 aromatic heterocycles. The Labute approximate surface area is 145 Å². The quantitative estimate of drug-likeness (QED) is 0.786. The van der Waals surface area contributed by atoms with Crippen molar-refractivity contribution in [2.24, 2.45) is 5.10 Å². The maximum atomic E-state index is 12.2. The highest BCUT2D eigenvalue weighted by atomic mass is 16.5. The van der Waals surface area contributed by atoms with Crippen LogP contribution in [0.5, 0.6) is 5.75 Å². The van der Waals surface area contributed by atoms with Crippen molar-refractivity contribution in [3.05, 3.63) is 65.7 Å². The second-order valence-corrected chi connectivity index (χ2v) is 5.48. The van der Waals surface area contributed by atoms with Gasteiger partial charge in [0.15, 0.2) is 6.61 Å². The number of nitrogens with zero attached hydrogens (tertiary/aromatic N) is 2. The van der Waals surface area contributed by atoms with Crippen LogP contribution in [-0.2, 0) is 9.53 Å². The van der Waals surface area contributed by atoms with Gasteiger partial charge in [-0.15, -0.1) is 0 Å². The lowest BCUT2D eigenvalue weighted by atomic mass is 10.1. The molecule has 0 fully saturated rings. The number of benzene rings is 2. The maximum Gasteiger partial charge on any atom is 0.337 e. The van der Waals surface area contributed by atoms with Crippen LogP contribution in [0.3, 0.4) is 0 Å². The van der Waals surface area contributed by atoms with Gasteiger partial charge >= 0.3 is 5.97 Å². The summed E-state index contributed by atoms with van der Waals surface area (Å²) in [6, 6.07) is 16.2. The summed E-state index contributed by atoms with van der Waals surface area (Å²) in [6.45, 7) is 0.441. The van der Waals surface area contributed by atoms with Crippen LogP contribution in [-0.4, -0.2) is 42.9 Å². The predicted molar refractivity (Wildman–Crippen MR) is 92.6 cm³/mol. The first-order chi connectivity index (χ1) is 12.2. The standard InChI is InChI=1S/C19H18N2O4/c1-24-19(23)15-7-9-16(10-8-15)25-13-18(22)21-12-11-17(20-21)14-5-3-2-4-6-14/h2-10H,11-13H2,1H3. The van der Waals surface area contributed by atoms with Gasteiger partial charge in [0.2, 0.25) is 0 Å². The summed E-state index contributed by atoms with van der Waals surface area (Å²) in [5, 5.41) is 5.81. The molecule has 128 valence electrons. The number of carbonyl (C=O) groups excluding carboxylic acids is 2. The van der Waals surface area contributed by atoms with Crippen molar-refractivity contribution in [3.63, 3.8) is 0 Å². The Morgan fingerprint density at radius 1 is 1.08 bits per heavy atom. The first-order valence-corrected chi connectivity index (χ1v) is 7.92. The molecule has 0 saturated heterocycles. The van der Waals surface area contributed by atoms with Crippen molar-refractivity contribution < 1.29 is 19.1 Å². The summed E-state index contributed by atoms with van der Waals surface area (Å²) in [7, 11) is 1.33. The third kappa shape index (κ3) is 4.03. The molecule has 25 heavy (non-hydrogen) atoms. The maximum absolute atomic E-state index is 12.2. The second-order valence-electron chi connectivity index (χ2n) is 5.48. The van der Waals surface area contributed by atoms with E-state index >= 15 is 0 Å². The lowest BCUT2D eigenvalue weighted by Gasteiger charge is -2.12. The number of esters is 1. The Morgan fingerprint density at radius 2 is 1.80 bits per heavy atom. The van der Waals surface area contributed by atoms with E-state index < -0.39 is 5.97 Å². The van der Waals surface area contributed by atoms with Gasteiger partial charge in [-0.2, -0.15) is 5.10 Å². The smallest absolute Gasteiger partial charge is 0.337 e. The van der Waals surface area contributed by atoms with Crippen molar-refractivity contribution in [1.82, 2.24) is 5.01 Å². The third-order valence-electron chi connectivity index (χ3n) is 3.83. The SMILES string of the molecule is COC(=O)c1ccc(OCC(=O)N2CCC(c3ccccc3)=N2)cc1. The summed E-state index contributed by atoms with van der Waals surface area (Å²) in [5.74, 6) is -0.113. The molecule has 1 aliphatic heterocycles. The summed E-state index contributed by atoms with van der Waals surface area (Å²) < 4.78 is 10.1. The molecule has 0 unspecified atom stereocenters. The fraction of sp³-hybridized carbons (Fsp3) is 0.211. The molecule has 0 saturated carbocycles. The van der Waals surface area contributed by atoms with Crippen molar-refractivity contribution >= 4 is 17.6 Å². The fourth-order valence-corrected chi connectivity index (χ4v) is 2.50. The lowest BCUT2D eigenvalue weighted by Crippen LogP contribution is -2.28. The number of carbonyl (C=O) groups is 2. The Morgan fingerprint density at radius 3 is 2.48 bits per heavy atom. The molecule has 6 heteroatoms. The van der Waals surface area contributed by atoms with Crippen LogP contribution < -0.4 is 4.74 Å². The lowest BCUT2D eigenvalue weighted by molar-refractivity contribution is -0.132. The van der Waals surface area contributed by atoms with Gasteiger partial charge in [-0.05, 0) is 29.8 Å². The third-order valence-corrected chi connectivity index (χ3v) is 3.83. The summed E-state index contributed by atoms with van der Waals surface area (Å²) in [6.07, 6.45) is 0.726. The molecule has 0 atom stereocenters. The average molecular weight is 338 g/mol. The fourth-order valence-electron chi connectivity index (χ4n) is 2.50. The molecule has 3 rings (SSSR count). The molecule has 6 nitrogen and oxygen atoms in total. The van der Waals surface area contributed by atoms with E-state index in [2.05, 4.69) is 9.84 Å². The number of hydrogen-bond donors (Lipinski definition) is 0. The first kappa shape index (κ1) is 16.7. The van der Waals surface area contributed by atoms with Gasteiger partial charge in [0.25, 0.3) is 5.91 Å². The highest BCUT2D eigenvalue weighted by Crippen LogP contribution is 2.16. The second kappa shape index (κ2) is 7.61. The number of ether oxygens (including phenoxy) is 2. The molecule has 0 radical (unpaired) electrons. The molecule has 2 aromatic rings. The Hall–Kier alpha value is -3.15. The number of hydrogen-bond acceptors (Lipinski definition) is 5. The minimum absolute atomic E-state index is 0.108. The molecule has 0 N–H and O–H groups in total. The van der Waals surface area contributed by atoms with E-state index in [9.17, 15) is 9.59 Å². The molecular weight excluding hydrogens is 320 g/mol. The van der Waals surface area contributed by atoms with E-state index in [4.69, 9.17) is 4.74 Å². The zero-order valence-electron chi connectivity index (χ0n) is 13.8. The van der Waals surface area contributed by atoms with Crippen LogP contribution in [0.25, 0.3) is 0 Å². The zero-order chi connectivity index (χ0) is 17.6. The Balaban J connectivity index is 1.56. The Bertz CT molecular complexity index is 785. The largest absolute Gasteiger partial charge is 0.484 e. The average Bonchev–Trinajstić information content (AvgIpc) is 3.17.